The summed E-state index contributed by atoms with van der Waals surface area (Å²) in [5.41, 5.74) is 1.05. The van der Waals surface area contributed by atoms with Crippen LogP contribution in [0.15, 0.2) is 23.8 Å². The second kappa shape index (κ2) is 6.69. The highest BCUT2D eigenvalue weighted by Crippen LogP contribution is 2.29. The summed E-state index contributed by atoms with van der Waals surface area (Å²) >= 11 is 1.52. The number of amides is 1. The van der Waals surface area contributed by atoms with E-state index in [4.69, 9.17) is 4.74 Å². The number of rotatable bonds is 5. The molecular weight excluding hydrogens is 322 g/mol. The molecule has 1 aliphatic carbocycles. The lowest BCUT2D eigenvalue weighted by Crippen LogP contribution is -2.35. The number of thiophene rings is 1. The zero-order chi connectivity index (χ0) is 16.5. The number of ether oxygens (including phenoxy) is 1. The number of carbonyl (C=O) groups is 1. The molecule has 0 unspecified atom stereocenters. The van der Waals surface area contributed by atoms with Gasteiger partial charge >= 0.3 is 0 Å². The summed E-state index contributed by atoms with van der Waals surface area (Å²) in [6.45, 7) is 5.74. The molecule has 1 saturated carbocycles. The normalized spacial score (nSPS) is 20.7. The fraction of sp³-hybridized carbons (Fsp3) is 0.556. The minimum Gasteiger partial charge on any atom is -0.381 e. The van der Waals surface area contributed by atoms with E-state index in [-0.39, 0.29) is 5.91 Å². The predicted molar refractivity (Wildman–Crippen MR) is 93.1 cm³/mol. The SMILES string of the molecule is Cc1ccsc1C(=O)N1Cc2nccn2C[C@H](COCC2CC2)C1. The highest BCUT2D eigenvalue weighted by Gasteiger charge is 2.28. The molecule has 1 aliphatic heterocycles. The lowest BCUT2D eigenvalue weighted by Gasteiger charge is -2.24. The molecule has 0 radical (unpaired) electrons. The molecule has 3 heterocycles. The Kier molecular flexibility index (Phi) is 4.41. The maximum atomic E-state index is 13.0. The molecule has 2 aromatic rings. The number of hydrogen-bond donors (Lipinski definition) is 0. The van der Waals surface area contributed by atoms with Gasteiger partial charge < -0.3 is 14.2 Å². The second-order valence-electron chi connectivity index (χ2n) is 6.96. The van der Waals surface area contributed by atoms with Crippen LogP contribution in [0.5, 0.6) is 0 Å². The Balaban J connectivity index is 1.50. The zero-order valence-electron chi connectivity index (χ0n) is 14.0. The van der Waals surface area contributed by atoms with Crippen LogP contribution in [0.1, 0.15) is 33.9 Å². The van der Waals surface area contributed by atoms with Crippen molar-refractivity contribution in [3.05, 3.63) is 40.1 Å². The standard InChI is InChI=1S/C18H23N3O2S/c1-13-4-7-24-17(13)18(22)21-9-15(12-23-11-14-2-3-14)8-20-6-5-19-16(20)10-21/h4-7,14-15H,2-3,8-12H2,1H3/t15-/m0/s1. The number of aromatic nitrogens is 2. The van der Waals surface area contributed by atoms with E-state index in [9.17, 15) is 4.79 Å². The molecule has 5 nitrogen and oxygen atoms in total. The lowest BCUT2D eigenvalue weighted by molar-refractivity contribution is 0.0574. The molecule has 1 atom stereocenters. The molecule has 24 heavy (non-hydrogen) atoms. The van der Waals surface area contributed by atoms with Gasteiger partial charge in [0.15, 0.2) is 0 Å². The van der Waals surface area contributed by atoms with Crippen LogP contribution in [0, 0.1) is 18.8 Å². The molecule has 0 saturated heterocycles. The van der Waals surface area contributed by atoms with Gasteiger partial charge in [0.2, 0.25) is 0 Å². The quantitative estimate of drug-likeness (QED) is 0.837. The lowest BCUT2D eigenvalue weighted by atomic mass is 10.1. The molecule has 0 spiro atoms. The van der Waals surface area contributed by atoms with E-state index >= 15 is 0 Å². The molecular formula is C18H23N3O2S. The highest BCUT2D eigenvalue weighted by atomic mass is 32.1. The summed E-state index contributed by atoms with van der Waals surface area (Å²) in [6.07, 6.45) is 6.44. The fourth-order valence-corrected chi connectivity index (χ4v) is 4.11. The Bertz CT molecular complexity index is 719. The van der Waals surface area contributed by atoms with Crippen LogP contribution in [0.3, 0.4) is 0 Å². The van der Waals surface area contributed by atoms with Gasteiger partial charge in [-0.25, -0.2) is 4.98 Å². The van der Waals surface area contributed by atoms with E-state index in [0.29, 0.717) is 19.1 Å². The van der Waals surface area contributed by atoms with Gasteiger partial charge in [0.05, 0.1) is 18.0 Å². The van der Waals surface area contributed by atoms with E-state index < -0.39 is 0 Å². The van der Waals surface area contributed by atoms with Crippen LogP contribution >= 0.6 is 11.3 Å². The van der Waals surface area contributed by atoms with Gasteiger partial charge in [-0.15, -0.1) is 11.3 Å². The second-order valence-corrected chi connectivity index (χ2v) is 7.88. The number of carbonyl (C=O) groups excluding carboxylic acids is 1. The Hall–Kier alpha value is -1.66. The van der Waals surface area contributed by atoms with Crippen LogP contribution in [-0.4, -0.2) is 40.1 Å². The first-order valence-corrected chi connectivity index (χ1v) is 9.50. The van der Waals surface area contributed by atoms with Gasteiger partial charge in [0, 0.05) is 38.0 Å². The minimum atomic E-state index is 0.117. The van der Waals surface area contributed by atoms with Crippen LogP contribution in [0.4, 0.5) is 0 Å². The molecule has 128 valence electrons. The third kappa shape index (κ3) is 3.39. The van der Waals surface area contributed by atoms with Crippen LogP contribution in [0.25, 0.3) is 0 Å². The van der Waals surface area contributed by atoms with Crippen molar-refractivity contribution >= 4 is 17.2 Å². The minimum absolute atomic E-state index is 0.117. The summed E-state index contributed by atoms with van der Waals surface area (Å²) in [6, 6.07) is 2.01. The summed E-state index contributed by atoms with van der Waals surface area (Å²) in [5.74, 6) is 2.16. The maximum Gasteiger partial charge on any atom is 0.264 e. The van der Waals surface area contributed by atoms with E-state index in [1.165, 1.54) is 24.2 Å². The molecule has 1 fully saturated rings. The van der Waals surface area contributed by atoms with E-state index in [1.54, 1.807) is 0 Å². The monoisotopic (exact) mass is 345 g/mol. The topological polar surface area (TPSA) is 47.4 Å². The number of imidazole rings is 1. The molecule has 4 rings (SSSR count). The summed E-state index contributed by atoms with van der Waals surface area (Å²) in [5, 5.41) is 1.98. The molecule has 0 aromatic carbocycles. The Labute approximate surface area is 146 Å². The van der Waals surface area contributed by atoms with Crippen LogP contribution in [0.2, 0.25) is 0 Å². The Morgan fingerprint density at radius 1 is 1.33 bits per heavy atom. The van der Waals surface area contributed by atoms with Crippen molar-refractivity contribution in [3.63, 3.8) is 0 Å². The van der Waals surface area contributed by atoms with Crippen molar-refractivity contribution in [3.8, 4) is 0 Å². The number of fused-ring (bicyclic) bond motifs is 1. The first-order valence-electron chi connectivity index (χ1n) is 8.62. The van der Waals surface area contributed by atoms with Crippen molar-refractivity contribution in [2.45, 2.75) is 32.9 Å². The van der Waals surface area contributed by atoms with E-state index in [2.05, 4.69) is 9.55 Å². The number of hydrogen-bond acceptors (Lipinski definition) is 4. The molecule has 1 amide bonds. The molecule has 2 aromatic heterocycles. The molecule has 0 N–H and O–H groups in total. The van der Waals surface area contributed by atoms with Gasteiger partial charge in [-0.1, -0.05) is 0 Å². The first kappa shape index (κ1) is 15.8. The van der Waals surface area contributed by atoms with E-state index in [0.717, 1.165) is 41.9 Å². The number of aryl methyl sites for hydroxylation is 1. The maximum absolute atomic E-state index is 13.0. The van der Waals surface area contributed by atoms with Crippen molar-refractivity contribution in [1.82, 2.24) is 14.5 Å². The summed E-state index contributed by atoms with van der Waals surface area (Å²) in [7, 11) is 0. The molecule has 0 bridgehead atoms. The smallest absolute Gasteiger partial charge is 0.264 e. The molecule has 6 heteroatoms. The van der Waals surface area contributed by atoms with Gasteiger partial charge in [-0.2, -0.15) is 0 Å². The van der Waals surface area contributed by atoms with Gasteiger partial charge in [0.25, 0.3) is 5.91 Å². The van der Waals surface area contributed by atoms with E-state index in [1.807, 2.05) is 35.7 Å². The summed E-state index contributed by atoms with van der Waals surface area (Å²) < 4.78 is 8.08. The average Bonchev–Trinajstić information content (AvgIpc) is 3.19. The third-order valence-corrected chi connectivity index (χ3v) is 5.82. The van der Waals surface area contributed by atoms with Crippen molar-refractivity contribution in [2.24, 2.45) is 11.8 Å². The van der Waals surface area contributed by atoms with Crippen molar-refractivity contribution in [2.75, 3.05) is 19.8 Å². The summed E-state index contributed by atoms with van der Waals surface area (Å²) in [4.78, 5) is 20.2. The largest absolute Gasteiger partial charge is 0.381 e. The van der Waals surface area contributed by atoms with Gasteiger partial charge in [0.1, 0.15) is 5.82 Å². The van der Waals surface area contributed by atoms with Crippen LogP contribution in [-0.2, 0) is 17.8 Å². The van der Waals surface area contributed by atoms with Crippen LogP contribution < -0.4 is 0 Å². The average molecular weight is 345 g/mol. The van der Waals surface area contributed by atoms with Crippen molar-refractivity contribution in [1.29, 1.82) is 0 Å². The Morgan fingerprint density at radius 3 is 2.92 bits per heavy atom. The highest BCUT2D eigenvalue weighted by molar-refractivity contribution is 7.12. The third-order valence-electron chi connectivity index (χ3n) is 4.82. The van der Waals surface area contributed by atoms with Crippen molar-refractivity contribution < 1.29 is 9.53 Å². The van der Waals surface area contributed by atoms with Gasteiger partial charge in [-0.05, 0) is 42.7 Å². The fourth-order valence-electron chi connectivity index (χ4n) is 3.22. The van der Waals surface area contributed by atoms with Gasteiger partial charge in [-0.3, -0.25) is 4.79 Å². The number of nitrogens with zero attached hydrogens (tertiary/aromatic N) is 3. The first-order chi connectivity index (χ1) is 11.7. The zero-order valence-corrected chi connectivity index (χ0v) is 14.8. The molecule has 2 aliphatic rings. The Morgan fingerprint density at radius 2 is 2.17 bits per heavy atom. The predicted octanol–water partition coefficient (Wildman–Crippen LogP) is 2.95.